The van der Waals surface area contributed by atoms with Crippen LogP contribution in [0.3, 0.4) is 0 Å². The number of pyridine rings is 1. The monoisotopic (exact) mass is 532 g/mol. The normalized spacial score (nSPS) is 14.9. The van der Waals surface area contributed by atoms with E-state index in [0.717, 1.165) is 53.3 Å². The Hall–Kier alpha value is -3.22. The number of hydrogen-bond acceptors (Lipinski definition) is 5. The predicted octanol–water partition coefficient (Wildman–Crippen LogP) is 7.87. The molecule has 190 valence electrons. The topological polar surface area (TPSA) is 68.3 Å². The second kappa shape index (κ2) is 10.6. The lowest BCUT2D eigenvalue weighted by Gasteiger charge is -2.21. The number of esters is 1. The maximum atomic E-state index is 14.0. The van der Waals surface area contributed by atoms with Gasteiger partial charge in [0.15, 0.2) is 0 Å². The Labute approximate surface area is 225 Å². The molecule has 0 aliphatic heterocycles. The zero-order valence-electron chi connectivity index (χ0n) is 21.2. The van der Waals surface area contributed by atoms with E-state index in [1.165, 1.54) is 16.2 Å². The van der Waals surface area contributed by atoms with Gasteiger partial charge in [0.1, 0.15) is 5.00 Å². The first kappa shape index (κ1) is 25.4. The van der Waals surface area contributed by atoms with Gasteiger partial charge in [-0.15, -0.1) is 11.3 Å². The minimum Gasteiger partial charge on any atom is -0.462 e. The summed E-state index contributed by atoms with van der Waals surface area (Å²) in [7, 11) is 0. The minimum absolute atomic E-state index is 0.268. The third-order valence-electron chi connectivity index (χ3n) is 7.11. The zero-order chi connectivity index (χ0) is 26.1. The molecule has 2 heterocycles. The number of aromatic nitrogens is 1. The molecule has 0 bridgehead atoms. The van der Waals surface area contributed by atoms with Crippen LogP contribution in [0, 0.1) is 12.8 Å². The summed E-state index contributed by atoms with van der Waals surface area (Å²) in [5, 5.41) is 5.03. The summed E-state index contributed by atoms with van der Waals surface area (Å²) in [6.45, 7) is 6.19. The van der Waals surface area contributed by atoms with Gasteiger partial charge in [-0.1, -0.05) is 55.3 Å². The zero-order valence-corrected chi connectivity index (χ0v) is 22.8. The lowest BCUT2D eigenvalue weighted by Crippen LogP contribution is -2.18. The molecule has 0 spiro atoms. The van der Waals surface area contributed by atoms with Gasteiger partial charge >= 0.3 is 5.97 Å². The van der Waals surface area contributed by atoms with Crippen molar-refractivity contribution in [3.63, 3.8) is 0 Å². The van der Waals surface area contributed by atoms with Crippen LogP contribution in [-0.2, 0) is 17.6 Å². The summed E-state index contributed by atoms with van der Waals surface area (Å²) in [6.07, 6.45) is 3.89. The fraction of sp³-hybridized carbons (Fsp3) is 0.300. The highest BCUT2D eigenvalue weighted by atomic mass is 35.5. The van der Waals surface area contributed by atoms with Crippen molar-refractivity contribution in [2.24, 2.45) is 5.92 Å². The number of rotatable bonds is 6. The minimum atomic E-state index is -0.374. The summed E-state index contributed by atoms with van der Waals surface area (Å²) in [4.78, 5) is 33.0. The standard InChI is InChI=1S/C30H29ClN2O3S/c1-4-18-13-14-22-24(15-18)37-29(26(22)30(35)36-5-2)33-28(34)25-17(3)27(19-9-8-10-20(31)16-19)32-23-12-7-6-11-21(23)25/h6-12,16,18H,4-5,13-15H2,1-3H3,(H,33,34)/t18-/m1/s1. The second-order valence-electron chi connectivity index (χ2n) is 9.39. The molecule has 0 saturated heterocycles. The van der Waals surface area contributed by atoms with Gasteiger partial charge in [0, 0.05) is 20.8 Å². The number of thiophene rings is 1. The lowest BCUT2D eigenvalue weighted by molar-refractivity contribution is 0.0526. The number of ether oxygens (including phenoxy) is 1. The number of carbonyl (C=O) groups excluding carboxylic acids is 2. The number of hydrogen-bond donors (Lipinski definition) is 1. The van der Waals surface area contributed by atoms with Gasteiger partial charge in [-0.25, -0.2) is 9.78 Å². The highest BCUT2D eigenvalue weighted by molar-refractivity contribution is 7.17. The van der Waals surface area contributed by atoms with E-state index >= 15 is 0 Å². The van der Waals surface area contributed by atoms with E-state index in [9.17, 15) is 9.59 Å². The number of amides is 1. The first-order valence-electron chi connectivity index (χ1n) is 12.7. The second-order valence-corrected chi connectivity index (χ2v) is 10.9. The van der Waals surface area contributed by atoms with Crippen molar-refractivity contribution < 1.29 is 14.3 Å². The molecule has 1 aliphatic carbocycles. The van der Waals surface area contributed by atoms with Crippen LogP contribution in [0.1, 0.15) is 63.4 Å². The highest BCUT2D eigenvalue weighted by Gasteiger charge is 2.30. The average Bonchev–Trinajstić information content (AvgIpc) is 3.25. The number of benzene rings is 2. The first-order chi connectivity index (χ1) is 17.9. The van der Waals surface area contributed by atoms with Crippen molar-refractivity contribution in [1.29, 1.82) is 0 Å². The van der Waals surface area contributed by atoms with E-state index < -0.39 is 0 Å². The van der Waals surface area contributed by atoms with Crippen LogP contribution in [0.15, 0.2) is 48.5 Å². The Bertz CT molecular complexity index is 1510. The number of nitrogens with zero attached hydrogens (tertiary/aromatic N) is 1. The van der Waals surface area contributed by atoms with E-state index in [0.29, 0.717) is 32.8 Å². The molecule has 1 amide bonds. The molecule has 0 radical (unpaired) electrons. The van der Waals surface area contributed by atoms with Crippen LogP contribution in [0.5, 0.6) is 0 Å². The Kier molecular flexibility index (Phi) is 7.31. The smallest absolute Gasteiger partial charge is 0.341 e. The van der Waals surface area contributed by atoms with E-state index in [2.05, 4.69) is 12.2 Å². The van der Waals surface area contributed by atoms with Crippen molar-refractivity contribution in [3.05, 3.63) is 80.7 Å². The van der Waals surface area contributed by atoms with Crippen molar-refractivity contribution in [2.75, 3.05) is 11.9 Å². The number of fused-ring (bicyclic) bond motifs is 2. The SMILES string of the molecule is CCOC(=O)c1c(NC(=O)c2c(C)c(-c3cccc(Cl)c3)nc3ccccc23)sc2c1CC[C@@H](CC)C2. The highest BCUT2D eigenvalue weighted by Crippen LogP contribution is 2.41. The summed E-state index contributed by atoms with van der Waals surface area (Å²) in [6, 6.07) is 15.1. The number of para-hydroxylation sites is 1. The van der Waals surface area contributed by atoms with Gasteiger partial charge in [0.2, 0.25) is 0 Å². The molecule has 2 aromatic carbocycles. The summed E-state index contributed by atoms with van der Waals surface area (Å²) in [5.41, 5.74) is 5.09. The molecule has 0 unspecified atom stereocenters. The van der Waals surface area contributed by atoms with Crippen molar-refractivity contribution in [2.45, 2.75) is 46.5 Å². The van der Waals surface area contributed by atoms with Crippen molar-refractivity contribution in [3.8, 4) is 11.3 Å². The largest absolute Gasteiger partial charge is 0.462 e. The number of halogens is 1. The third-order valence-corrected chi connectivity index (χ3v) is 8.52. The third kappa shape index (κ3) is 4.88. The van der Waals surface area contributed by atoms with Crippen molar-refractivity contribution >= 4 is 50.7 Å². The maximum absolute atomic E-state index is 14.0. The van der Waals surface area contributed by atoms with Crippen LogP contribution in [0.4, 0.5) is 5.00 Å². The van der Waals surface area contributed by atoms with Gasteiger partial charge in [-0.3, -0.25) is 4.79 Å². The molecule has 4 aromatic rings. The molecular weight excluding hydrogens is 504 g/mol. The Balaban J connectivity index is 1.61. The maximum Gasteiger partial charge on any atom is 0.341 e. The Morgan fingerprint density at radius 3 is 2.70 bits per heavy atom. The van der Waals surface area contributed by atoms with Crippen LogP contribution in [0.2, 0.25) is 5.02 Å². The van der Waals surface area contributed by atoms with Gasteiger partial charge < -0.3 is 10.1 Å². The molecule has 2 aromatic heterocycles. The van der Waals surface area contributed by atoms with Crippen LogP contribution >= 0.6 is 22.9 Å². The van der Waals surface area contributed by atoms with Gasteiger partial charge in [-0.2, -0.15) is 0 Å². The van der Waals surface area contributed by atoms with E-state index in [4.69, 9.17) is 21.3 Å². The van der Waals surface area contributed by atoms with Gasteiger partial charge in [0.25, 0.3) is 5.91 Å². The van der Waals surface area contributed by atoms with Gasteiger partial charge in [-0.05, 0) is 68.4 Å². The molecule has 7 heteroatoms. The summed E-state index contributed by atoms with van der Waals surface area (Å²) in [5.74, 6) is -0.0480. The van der Waals surface area contributed by atoms with E-state index in [1.54, 1.807) is 6.92 Å². The molecule has 1 atom stereocenters. The van der Waals surface area contributed by atoms with Crippen LogP contribution < -0.4 is 5.32 Å². The molecule has 5 rings (SSSR count). The van der Waals surface area contributed by atoms with Crippen LogP contribution in [0.25, 0.3) is 22.2 Å². The number of nitrogens with one attached hydrogen (secondary N) is 1. The fourth-order valence-electron chi connectivity index (χ4n) is 5.19. The fourth-order valence-corrected chi connectivity index (χ4v) is 6.73. The molecule has 1 N–H and O–H groups in total. The molecule has 37 heavy (non-hydrogen) atoms. The molecule has 0 fully saturated rings. The van der Waals surface area contributed by atoms with Crippen LogP contribution in [-0.4, -0.2) is 23.5 Å². The quantitative estimate of drug-likeness (QED) is 0.256. The number of carbonyl (C=O) groups is 2. The number of anilines is 1. The average molecular weight is 533 g/mol. The van der Waals surface area contributed by atoms with Crippen molar-refractivity contribution in [1.82, 2.24) is 4.98 Å². The Morgan fingerprint density at radius 1 is 1.14 bits per heavy atom. The summed E-state index contributed by atoms with van der Waals surface area (Å²) < 4.78 is 5.41. The molecule has 0 saturated carbocycles. The van der Waals surface area contributed by atoms with E-state index in [-0.39, 0.29) is 18.5 Å². The lowest BCUT2D eigenvalue weighted by atomic mass is 9.85. The van der Waals surface area contributed by atoms with E-state index in [1.807, 2.05) is 55.5 Å². The molecule has 1 aliphatic rings. The van der Waals surface area contributed by atoms with Gasteiger partial charge in [0.05, 0.1) is 28.9 Å². The summed E-state index contributed by atoms with van der Waals surface area (Å²) >= 11 is 7.77. The Morgan fingerprint density at radius 2 is 1.95 bits per heavy atom. The predicted molar refractivity (Wildman–Crippen MR) is 151 cm³/mol. The molecular formula is C30H29ClN2O3S. The first-order valence-corrected chi connectivity index (χ1v) is 13.9. The molecule has 5 nitrogen and oxygen atoms in total.